The van der Waals surface area contributed by atoms with Crippen LogP contribution in [0.15, 0.2) is 53.4 Å². The molecule has 0 saturated carbocycles. The van der Waals surface area contributed by atoms with E-state index in [1.165, 1.54) is 0 Å². The van der Waals surface area contributed by atoms with Gasteiger partial charge in [-0.2, -0.15) is 0 Å². The summed E-state index contributed by atoms with van der Waals surface area (Å²) in [5, 5.41) is 5.77. The quantitative estimate of drug-likeness (QED) is 0.666. The molecule has 22 heavy (non-hydrogen) atoms. The number of carbonyl (C=O) groups excluding carboxylic acids is 2. The number of hydrogen-bond acceptors (Lipinski definition) is 3. The van der Waals surface area contributed by atoms with Gasteiger partial charge in [-0.25, -0.2) is 0 Å². The van der Waals surface area contributed by atoms with Crippen molar-refractivity contribution in [2.45, 2.75) is 11.4 Å². The Kier molecular flexibility index (Phi) is 5.86. The Morgan fingerprint density at radius 3 is 2.50 bits per heavy atom. The molecule has 0 bridgehead atoms. The van der Waals surface area contributed by atoms with E-state index in [1.807, 2.05) is 24.5 Å². The van der Waals surface area contributed by atoms with Crippen LogP contribution < -0.4 is 10.6 Å². The number of anilines is 1. The Labute approximate surface area is 138 Å². The van der Waals surface area contributed by atoms with E-state index < -0.39 is 11.8 Å². The first-order chi connectivity index (χ1) is 10.6. The second-order valence-electron chi connectivity index (χ2n) is 4.50. The fraction of sp³-hybridized carbons (Fsp3) is 0.125. The van der Waals surface area contributed by atoms with Crippen LogP contribution in [0, 0.1) is 0 Å². The highest BCUT2D eigenvalue weighted by molar-refractivity contribution is 7.98. The molecular weight excluding hydrogens is 320 g/mol. The molecule has 6 heteroatoms. The van der Waals surface area contributed by atoms with E-state index in [9.17, 15) is 9.59 Å². The first-order valence-electron chi connectivity index (χ1n) is 6.56. The van der Waals surface area contributed by atoms with Crippen LogP contribution in [0.4, 0.5) is 5.69 Å². The van der Waals surface area contributed by atoms with Gasteiger partial charge in [0.15, 0.2) is 0 Å². The van der Waals surface area contributed by atoms with Gasteiger partial charge < -0.3 is 10.6 Å². The maximum atomic E-state index is 11.8. The summed E-state index contributed by atoms with van der Waals surface area (Å²) in [6, 6.07) is 14.4. The Bertz CT molecular complexity index is 674. The van der Waals surface area contributed by atoms with Crippen molar-refractivity contribution in [2.24, 2.45) is 0 Å². The second-order valence-corrected chi connectivity index (χ2v) is 5.81. The largest absolute Gasteiger partial charge is 0.344 e. The van der Waals surface area contributed by atoms with Crippen molar-refractivity contribution in [2.75, 3.05) is 11.6 Å². The summed E-state index contributed by atoms with van der Waals surface area (Å²) < 4.78 is 0. The van der Waals surface area contributed by atoms with Crippen molar-refractivity contribution >= 4 is 40.9 Å². The Hall–Kier alpha value is -1.98. The Morgan fingerprint density at radius 1 is 1.09 bits per heavy atom. The number of amides is 2. The molecule has 4 nitrogen and oxygen atoms in total. The molecule has 0 aliphatic heterocycles. The molecule has 0 saturated heterocycles. The summed E-state index contributed by atoms with van der Waals surface area (Å²) in [4.78, 5) is 24.6. The van der Waals surface area contributed by atoms with Crippen LogP contribution in [0.2, 0.25) is 5.02 Å². The lowest BCUT2D eigenvalue weighted by Crippen LogP contribution is -2.34. The Balaban J connectivity index is 1.89. The third-order valence-electron chi connectivity index (χ3n) is 2.90. The van der Waals surface area contributed by atoms with Crippen molar-refractivity contribution in [1.29, 1.82) is 0 Å². The lowest BCUT2D eigenvalue weighted by Gasteiger charge is -2.07. The van der Waals surface area contributed by atoms with E-state index in [2.05, 4.69) is 10.6 Å². The highest BCUT2D eigenvalue weighted by Crippen LogP contribution is 2.18. The van der Waals surface area contributed by atoms with Gasteiger partial charge in [0.25, 0.3) is 0 Å². The molecular formula is C16H15ClN2O2S. The summed E-state index contributed by atoms with van der Waals surface area (Å²) in [6.07, 6.45) is 1.94. The lowest BCUT2D eigenvalue weighted by molar-refractivity contribution is -0.136. The summed E-state index contributed by atoms with van der Waals surface area (Å²) >= 11 is 7.35. The van der Waals surface area contributed by atoms with Crippen LogP contribution in [0.25, 0.3) is 0 Å². The number of thioether (sulfide) groups is 1. The van der Waals surface area contributed by atoms with Crippen LogP contribution in [-0.4, -0.2) is 18.1 Å². The van der Waals surface area contributed by atoms with E-state index in [4.69, 9.17) is 11.6 Å². The monoisotopic (exact) mass is 334 g/mol. The second kappa shape index (κ2) is 7.87. The summed E-state index contributed by atoms with van der Waals surface area (Å²) in [6.45, 7) is 0.272. The van der Waals surface area contributed by atoms with Crippen molar-refractivity contribution < 1.29 is 9.59 Å². The van der Waals surface area contributed by atoms with E-state index in [0.29, 0.717) is 10.7 Å². The highest BCUT2D eigenvalue weighted by Gasteiger charge is 2.13. The van der Waals surface area contributed by atoms with E-state index >= 15 is 0 Å². The third-order valence-corrected chi connectivity index (χ3v) is 3.88. The molecule has 0 unspecified atom stereocenters. The molecule has 0 spiro atoms. The van der Waals surface area contributed by atoms with Crippen LogP contribution in [0.3, 0.4) is 0 Å². The van der Waals surface area contributed by atoms with Crippen LogP contribution in [0.1, 0.15) is 5.56 Å². The number of rotatable bonds is 4. The van der Waals surface area contributed by atoms with Gasteiger partial charge in [0.1, 0.15) is 0 Å². The molecule has 2 aromatic rings. The minimum absolute atomic E-state index is 0.272. The predicted octanol–water partition coefficient (Wildman–Crippen LogP) is 3.32. The van der Waals surface area contributed by atoms with Gasteiger partial charge in [0.2, 0.25) is 0 Å². The van der Waals surface area contributed by atoms with Crippen molar-refractivity contribution in [3.8, 4) is 0 Å². The fourth-order valence-corrected chi connectivity index (χ4v) is 2.34. The third kappa shape index (κ3) is 4.79. The zero-order valence-corrected chi connectivity index (χ0v) is 13.5. The first-order valence-corrected chi connectivity index (χ1v) is 8.16. The summed E-state index contributed by atoms with van der Waals surface area (Å²) in [5.41, 5.74) is 1.47. The zero-order valence-electron chi connectivity index (χ0n) is 11.9. The number of nitrogens with one attached hydrogen (secondary N) is 2. The first kappa shape index (κ1) is 16.4. The number of benzene rings is 2. The van der Waals surface area contributed by atoms with Crippen LogP contribution >= 0.6 is 23.4 Å². The lowest BCUT2D eigenvalue weighted by atomic mass is 10.2. The fourth-order valence-electron chi connectivity index (χ4n) is 1.75. The molecule has 114 valence electrons. The van der Waals surface area contributed by atoms with Gasteiger partial charge in [-0.15, -0.1) is 11.8 Å². The summed E-state index contributed by atoms with van der Waals surface area (Å²) in [7, 11) is 0. The zero-order chi connectivity index (χ0) is 15.9. The van der Waals surface area contributed by atoms with Crippen molar-refractivity contribution in [1.82, 2.24) is 5.32 Å². The topological polar surface area (TPSA) is 58.2 Å². The average molecular weight is 335 g/mol. The van der Waals surface area contributed by atoms with Gasteiger partial charge >= 0.3 is 11.8 Å². The van der Waals surface area contributed by atoms with Crippen LogP contribution in [0.5, 0.6) is 0 Å². The average Bonchev–Trinajstić information content (AvgIpc) is 2.54. The van der Waals surface area contributed by atoms with Gasteiger partial charge in [0.05, 0.1) is 0 Å². The molecule has 2 N–H and O–H groups in total. The molecule has 0 aliphatic rings. The predicted molar refractivity (Wildman–Crippen MR) is 90.2 cm³/mol. The van der Waals surface area contributed by atoms with E-state index in [0.717, 1.165) is 10.5 Å². The van der Waals surface area contributed by atoms with Gasteiger partial charge in [-0.05, 0) is 42.2 Å². The molecule has 0 aromatic heterocycles. The Morgan fingerprint density at radius 2 is 1.82 bits per heavy atom. The van der Waals surface area contributed by atoms with Gasteiger partial charge in [0, 0.05) is 22.2 Å². The molecule has 2 rings (SSSR count). The summed E-state index contributed by atoms with van der Waals surface area (Å²) in [5.74, 6) is -1.36. The maximum Gasteiger partial charge on any atom is 0.313 e. The molecule has 0 fully saturated rings. The molecule has 0 aliphatic carbocycles. The number of hydrogen-bond donors (Lipinski definition) is 2. The normalized spacial score (nSPS) is 10.1. The molecule has 2 amide bonds. The molecule has 0 heterocycles. The highest BCUT2D eigenvalue weighted by atomic mass is 35.5. The van der Waals surface area contributed by atoms with Crippen LogP contribution in [-0.2, 0) is 16.1 Å². The van der Waals surface area contributed by atoms with Gasteiger partial charge in [-0.3, -0.25) is 9.59 Å². The molecule has 2 aromatic carbocycles. The van der Waals surface area contributed by atoms with E-state index in [-0.39, 0.29) is 6.54 Å². The standard InChI is InChI=1S/C16H15ClN2O2S/c1-22-14-4-2-3-13(9-14)19-16(21)15(20)18-10-11-5-7-12(17)8-6-11/h2-9H,10H2,1H3,(H,18,20)(H,19,21). The van der Waals surface area contributed by atoms with E-state index in [1.54, 1.807) is 42.1 Å². The molecule has 0 atom stereocenters. The van der Waals surface area contributed by atoms with Gasteiger partial charge in [-0.1, -0.05) is 29.8 Å². The van der Waals surface area contributed by atoms with Crippen molar-refractivity contribution in [3.05, 3.63) is 59.1 Å². The molecule has 0 radical (unpaired) electrons. The minimum atomic E-state index is -0.688. The maximum absolute atomic E-state index is 11.8. The number of carbonyl (C=O) groups is 2. The van der Waals surface area contributed by atoms with Crippen molar-refractivity contribution in [3.63, 3.8) is 0 Å². The number of halogens is 1. The SMILES string of the molecule is CSc1cccc(NC(=O)C(=O)NCc2ccc(Cl)cc2)c1. The smallest absolute Gasteiger partial charge is 0.313 e. The minimum Gasteiger partial charge on any atom is -0.344 e.